The number of nitrogens with zero attached hydrogens (tertiary/aromatic N) is 11. The van der Waals surface area contributed by atoms with Crippen LogP contribution in [0, 0.1) is 0 Å². The van der Waals surface area contributed by atoms with Gasteiger partial charge in [0.25, 0.3) is 66.9 Å². The summed E-state index contributed by atoms with van der Waals surface area (Å²) in [7, 11) is 3.85. The summed E-state index contributed by atoms with van der Waals surface area (Å²) in [5.41, 5.74) is 5.19. The summed E-state index contributed by atoms with van der Waals surface area (Å²) >= 11 is 5.90. The number of aromatic nitrogens is 3. The Morgan fingerprint density at radius 2 is 0.761 bits per heavy atom. The molecule has 0 saturated carbocycles. The molecule has 6 saturated heterocycles. The van der Waals surface area contributed by atoms with Gasteiger partial charge in [-0.3, -0.25) is 136 Å². The second-order valence-corrected chi connectivity index (χ2v) is 28.2. The molecule has 0 aliphatic carbocycles. The van der Waals surface area contributed by atoms with Crippen LogP contribution in [0.4, 0.5) is 34.5 Å². The summed E-state index contributed by atoms with van der Waals surface area (Å²) < 4.78 is 0. The van der Waals surface area contributed by atoms with Crippen molar-refractivity contribution in [2.75, 3.05) is 58.3 Å². The van der Waals surface area contributed by atoms with E-state index in [0.29, 0.717) is 54.7 Å². The van der Waals surface area contributed by atoms with Crippen LogP contribution in [0.25, 0.3) is 30.4 Å². The van der Waals surface area contributed by atoms with Crippen LogP contribution in [-0.4, -0.2) is 237 Å². The molecule has 6 N–H and O–H groups in total. The van der Waals surface area contributed by atoms with Crippen molar-refractivity contribution >= 4 is 227 Å². The molecule has 7 aliphatic heterocycles. The van der Waals surface area contributed by atoms with Gasteiger partial charge in [-0.15, -0.1) is 0 Å². The van der Waals surface area contributed by atoms with Gasteiger partial charge in [-0.25, -0.2) is 0 Å². The van der Waals surface area contributed by atoms with E-state index in [-0.39, 0.29) is 29.4 Å². The van der Waals surface area contributed by atoms with Gasteiger partial charge in [0.2, 0.25) is 0 Å². The van der Waals surface area contributed by atoms with E-state index in [2.05, 4.69) is 19.9 Å². The Bertz CT molecular complexity index is 4540. The van der Waals surface area contributed by atoms with E-state index in [1.165, 1.54) is 35.6 Å². The van der Waals surface area contributed by atoms with E-state index in [0.717, 1.165) is 91.0 Å². The molecule has 0 radical (unpaired) electrons. The Morgan fingerprint density at radius 1 is 0.394 bits per heavy atom. The number of amides is 12. The molecule has 0 spiro atoms. The highest BCUT2D eigenvalue weighted by Gasteiger charge is 2.41. The predicted octanol–water partition coefficient (Wildman–Crippen LogP) is 8.36. The molecule has 6 fully saturated rings. The molecular formula is C67H53N11O24S7. The highest BCUT2D eigenvalue weighted by atomic mass is 32.2. The van der Waals surface area contributed by atoms with E-state index in [1.54, 1.807) is 91.8 Å². The maximum atomic E-state index is 12.0. The molecule has 109 heavy (non-hydrogen) atoms. The average molecular weight is 1620 g/mol. The molecule has 0 unspecified atom stereocenters. The number of hydrogen-bond donors (Lipinski definition) is 6. The number of carboxylic acid groups (broad SMARTS) is 6. The van der Waals surface area contributed by atoms with Gasteiger partial charge in [-0.05, 0) is 189 Å². The number of thioether (sulfide) groups is 6. The maximum Gasteiger partial charge on any atom is 0.323 e. The van der Waals surface area contributed by atoms with Crippen LogP contribution >= 0.6 is 81.9 Å². The molecule has 35 nitrogen and oxygen atoms in total. The lowest BCUT2D eigenvalue weighted by Gasteiger charge is -2.11. The topological polar surface area (TPSA) is 502 Å². The predicted molar refractivity (Wildman–Crippen MR) is 401 cm³/mol. The number of thiophene rings is 1. The number of carboxylic acids is 6. The van der Waals surface area contributed by atoms with Crippen molar-refractivity contribution < 1.29 is 117 Å². The van der Waals surface area contributed by atoms with Crippen molar-refractivity contribution in [3.8, 4) is 0 Å². The quantitative estimate of drug-likeness (QED) is 0.0423. The summed E-state index contributed by atoms with van der Waals surface area (Å²) in [6.07, 6.45) is 21.2. The van der Waals surface area contributed by atoms with Crippen LogP contribution < -0.4 is 4.90 Å². The van der Waals surface area contributed by atoms with Crippen LogP contribution in [0.3, 0.4) is 0 Å². The van der Waals surface area contributed by atoms with Crippen molar-refractivity contribution in [1.29, 1.82) is 0 Å². The highest BCUT2D eigenvalue weighted by Crippen LogP contribution is 2.37. The molecule has 0 atom stereocenters. The van der Waals surface area contributed by atoms with E-state index in [4.69, 9.17) is 30.6 Å². The Kier molecular flexibility index (Phi) is 30.8. The normalized spacial score (nSPS) is 18.1. The van der Waals surface area contributed by atoms with Crippen molar-refractivity contribution in [3.05, 3.63) is 190 Å². The second-order valence-electron chi connectivity index (χ2n) is 21.5. The van der Waals surface area contributed by atoms with E-state index < -0.39 is 142 Å². The Morgan fingerprint density at radius 3 is 1.08 bits per heavy atom. The lowest BCUT2D eigenvalue weighted by molar-refractivity contribution is -0.141. The van der Waals surface area contributed by atoms with Gasteiger partial charge < -0.3 is 35.5 Å². The minimum atomic E-state index is -1.23. The number of hydrogen-bond acceptors (Lipinski definition) is 30. The van der Waals surface area contributed by atoms with Gasteiger partial charge >= 0.3 is 35.8 Å². The van der Waals surface area contributed by atoms with Gasteiger partial charge in [0, 0.05) is 63.4 Å². The van der Waals surface area contributed by atoms with E-state index in [9.17, 15) is 86.3 Å². The second kappa shape index (κ2) is 39.9. The molecule has 0 bridgehead atoms. The Hall–Kier alpha value is -12.2. The molecule has 4 aromatic heterocycles. The lowest BCUT2D eigenvalue weighted by Crippen LogP contribution is -2.33. The first kappa shape index (κ1) is 84.0. The largest absolute Gasteiger partial charge is 0.480 e. The van der Waals surface area contributed by atoms with Crippen LogP contribution in [0.5, 0.6) is 0 Å². The number of carbonyl (C=O) groups is 18. The fourth-order valence-corrected chi connectivity index (χ4v) is 14.2. The molecule has 7 aliphatic rings. The zero-order valence-corrected chi connectivity index (χ0v) is 61.6. The number of pyridine rings is 3. The third kappa shape index (κ3) is 24.9. The minimum Gasteiger partial charge on any atom is -0.480 e. The molecular weight excluding hydrogens is 1570 g/mol. The number of rotatable bonds is 19. The molecule has 12 rings (SSSR count). The van der Waals surface area contributed by atoms with Gasteiger partial charge in [0.05, 0.1) is 40.8 Å². The smallest absolute Gasteiger partial charge is 0.323 e. The highest BCUT2D eigenvalue weighted by molar-refractivity contribution is 8.20. The van der Waals surface area contributed by atoms with E-state index >= 15 is 0 Å². The van der Waals surface area contributed by atoms with Gasteiger partial charge in [-0.1, -0.05) is 30.3 Å². The number of allylic oxidation sites excluding steroid dienone is 2. The fraction of sp³-hybridized carbons (Fsp3) is 0.134. The summed E-state index contributed by atoms with van der Waals surface area (Å²) in [6, 6.07) is 21.2. The maximum absolute atomic E-state index is 12.0. The van der Waals surface area contributed by atoms with Gasteiger partial charge in [0.1, 0.15) is 39.3 Å². The zero-order valence-electron chi connectivity index (χ0n) is 55.8. The number of benzene rings is 1. The summed E-state index contributed by atoms with van der Waals surface area (Å²) in [6.45, 7) is -3.66. The molecule has 42 heteroatoms. The van der Waals surface area contributed by atoms with E-state index in [1.807, 2.05) is 66.2 Å². The Balaban J connectivity index is 0.000000182. The van der Waals surface area contributed by atoms with Crippen molar-refractivity contribution in [3.63, 3.8) is 0 Å². The van der Waals surface area contributed by atoms with Crippen molar-refractivity contribution in [2.24, 2.45) is 4.99 Å². The number of aliphatic carboxylic acids is 6. The van der Waals surface area contributed by atoms with Crippen LogP contribution in [0.15, 0.2) is 167 Å². The number of anilines is 1. The first-order chi connectivity index (χ1) is 51.8. The molecule has 12 amide bonds. The first-order valence-electron chi connectivity index (χ1n) is 30.3. The lowest BCUT2D eigenvalue weighted by atomic mass is 10.2. The van der Waals surface area contributed by atoms with Crippen molar-refractivity contribution in [1.82, 2.24) is 44.4 Å². The Labute approximate surface area is 643 Å². The molecule has 562 valence electrons. The van der Waals surface area contributed by atoms with Crippen molar-refractivity contribution in [2.45, 2.75) is 6.42 Å². The molecule has 1 aromatic carbocycles. The molecule has 5 aromatic rings. The first-order valence-corrected chi connectivity index (χ1v) is 36.2. The van der Waals surface area contributed by atoms with Crippen LogP contribution in [0.2, 0.25) is 0 Å². The summed E-state index contributed by atoms with van der Waals surface area (Å²) in [5, 5.41) is 52.0. The van der Waals surface area contributed by atoms with Crippen LogP contribution in [-0.2, 0) is 57.5 Å². The summed E-state index contributed by atoms with van der Waals surface area (Å²) in [5.74, 6) is -10.8. The third-order valence-corrected chi connectivity index (χ3v) is 19.6. The third-order valence-electron chi connectivity index (χ3n) is 13.5. The van der Waals surface area contributed by atoms with Crippen LogP contribution in [0.1, 0.15) is 34.4 Å². The number of carbonyl (C=O) groups excluding carboxylic acids is 12. The van der Waals surface area contributed by atoms with Gasteiger partial charge in [-0.2, -0.15) is 11.3 Å². The zero-order chi connectivity index (χ0) is 79.8. The van der Waals surface area contributed by atoms with Gasteiger partial charge in [0.15, 0.2) is 0 Å². The number of imide groups is 6. The summed E-state index contributed by atoms with van der Waals surface area (Å²) in [4.78, 5) is 226. The number of aliphatic imine (C=N–C) groups is 1. The average Bonchev–Trinajstić information content (AvgIpc) is 1.75. The molecule has 11 heterocycles. The minimum absolute atomic E-state index is 0.181. The SMILES string of the molecule is CN(C)c1ccc(/C=C2\SC(=O)N(CC(=O)O)C2=O)cc1.O=C(O)CN1C(=O)S/C(=C\C2=CCC=N2)C1=O.O=C(O)CN1C(=O)S/C(=C\c2ccccn2)C1=O.O=C(O)CN1C(=O)S/C(=C\c2cccnc2)C1=O.O=C(O)CN1C(=O)S/C(=C\c2ccncc2)C1=O.O=C(O)CN1C(=O)S/C(=C\c2ccsc2)C1=O. The standard InChI is InChI=1S/C14H14N2O4S.3C11H8N2O4S.C10H8N2O4S.C10H7NO4S2/c1-15(2)10-5-3-9(4-6-10)7-11-13(19)16(8-12(17)18)14(20)21-11;14-9(15)6-13-10(16)8(18-11(13)17)5-7-1-3-12-4-2-7;14-9(15)6-13-10(16)8(18-11(13)17)4-7-2-1-3-12-5-7;14-9(15)6-13-10(16)8(18-11(13)17)5-7-3-1-2-4-12-7;13-8(14)5-12-9(15)7(17-10(12)16)4-6-2-1-3-11-6;12-8(13)4-11-9(14)7(17-10(11)15)3-6-1-2-16-5-6/h3-7H,8H2,1-2H3,(H,17,18);3*1-5H,6H2,(H,14,15);2-4H,1,5H2,(H,13,14);1-3,5H,4H2,(H,12,13)/b11-7-;8-5-;8-4-;8-5-;7-4-;7-3-. The monoisotopic (exact) mass is 1620 g/mol. The fourth-order valence-electron chi connectivity index (χ4n) is 8.59.